The van der Waals surface area contributed by atoms with Crippen molar-refractivity contribution < 1.29 is 18.5 Å². The van der Waals surface area contributed by atoms with Crippen LogP contribution in [0.1, 0.15) is 0 Å². The molecule has 0 spiro atoms. The Balaban J connectivity index is 1.56. The van der Waals surface area contributed by atoms with Gasteiger partial charge < -0.3 is 10.0 Å². The molecule has 0 saturated heterocycles. The lowest BCUT2D eigenvalue weighted by Gasteiger charge is -2.07. The summed E-state index contributed by atoms with van der Waals surface area (Å²) in [6, 6.07) is 28.0. The number of benzene rings is 4. The van der Waals surface area contributed by atoms with Crippen molar-refractivity contribution in [2.75, 3.05) is 0 Å². The summed E-state index contributed by atoms with van der Waals surface area (Å²) in [5.74, 6) is 0. The average Bonchev–Trinajstić information content (AvgIpc) is 3.01. The molecule has 0 atom stereocenters. The normalized spacial score (nSPS) is 13.5. The molecule has 4 aromatic rings. The predicted molar refractivity (Wildman–Crippen MR) is 118 cm³/mol. The minimum absolute atomic E-state index is 0.111. The van der Waals surface area contributed by atoms with Crippen molar-refractivity contribution in [2.24, 2.45) is 0 Å². The van der Waals surface area contributed by atoms with E-state index >= 15 is 0 Å². The maximum absolute atomic E-state index is 13.1. The molecule has 0 unspecified atom stereocenters. The maximum atomic E-state index is 13.1. The quantitative estimate of drug-likeness (QED) is 0.445. The van der Waals surface area contributed by atoms with Gasteiger partial charge in [-0.3, -0.25) is 0 Å². The van der Waals surface area contributed by atoms with Crippen molar-refractivity contribution in [3.05, 3.63) is 91.0 Å². The summed E-state index contributed by atoms with van der Waals surface area (Å²) >= 11 is 0. The average molecular weight is 412 g/mol. The van der Waals surface area contributed by atoms with Crippen LogP contribution in [0.5, 0.6) is 0 Å². The van der Waals surface area contributed by atoms with Gasteiger partial charge in [-0.2, -0.15) is 0 Å². The molecule has 0 saturated carbocycles. The van der Waals surface area contributed by atoms with Gasteiger partial charge >= 0.3 is 7.12 Å². The molecule has 0 bridgehead atoms. The van der Waals surface area contributed by atoms with E-state index in [1.54, 1.807) is 12.1 Å². The second-order valence-electron chi connectivity index (χ2n) is 7.29. The highest BCUT2D eigenvalue weighted by atomic mass is 32.2. The van der Waals surface area contributed by atoms with Crippen LogP contribution < -0.4 is 5.46 Å². The molecule has 4 aromatic carbocycles. The molecular formula is C24H17BO4S. The summed E-state index contributed by atoms with van der Waals surface area (Å²) in [6.45, 7) is 0. The van der Waals surface area contributed by atoms with E-state index in [0.29, 0.717) is 11.1 Å². The van der Waals surface area contributed by atoms with Gasteiger partial charge in [0.05, 0.1) is 9.79 Å². The van der Waals surface area contributed by atoms with Gasteiger partial charge in [-0.1, -0.05) is 78.9 Å². The molecule has 0 amide bonds. The highest BCUT2D eigenvalue weighted by Gasteiger charge is 2.34. The van der Waals surface area contributed by atoms with Gasteiger partial charge in [0.1, 0.15) is 0 Å². The molecule has 2 N–H and O–H groups in total. The Hall–Kier alpha value is -3.19. The molecule has 5 rings (SSSR count). The Kier molecular flexibility index (Phi) is 4.36. The van der Waals surface area contributed by atoms with Crippen LogP contribution in [0.15, 0.2) is 101 Å². The van der Waals surface area contributed by atoms with E-state index in [9.17, 15) is 18.5 Å². The fourth-order valence-corrected chi connectivity index (χ4v) is 5.64. The van der Waals surface area contributed by atoms with E-state index in [2.05, 4.69) is 0 Å². The van der Waals surface area contributed by atoms with Crippen LogP contribution in [-0.4, -0.2) is 25.6 Å². The smallest absolute Gasteiger partial charge is 0.423 e. The molecule has 1 aliphatic heterocycles. The van der Waals surface area contributed by atoms with E-state index in [-0.39, 0.29) is 15.3 Å². The predicted octanol–water partition coefficient (Wildman–Crippen LogP) is 3.51. The first-order chi connectivity index (χ1) is 14.4. The summed E-state index contributed by atoms with van der Waals surface area (Å²) < 4.78 is 26.2. The third-order valence-electron chi connectivity index (χ3n) is 5.48. The molecule has 4 nitrogen and oxygen atoms in total. The molecular weight excluding hydrogens is 395 g/mol. The van der Waals surface area contributed by atoms with Crippen LogP contribution in [0, 0.1) is 0 Å². The van der Waals surface area contributed by atoms with E-state index in [1.807, 2.05) is 66.7 Å². The molecule has 0 radical (unpaired) electrons. The van der Waals surface area contributed by atoms with Crippen LogP contribution in [0.4, 0.5) is 0 Å². The van der Waals surface area contributed by atoms with Crippen molar-refractivity contribution in [3.63, 3.8) is 0 Å². The van der Waals surface area contributed by atoms with E-state index in [0.717, 1.165) is 22.3 Å². The zero-order valence-corrected chi connectivity index (χ0v) is 16.7. The minimum Gasteiger partial charge on any atom is -0.423 e. The van der Waals surface area contributed by atoms with E-state index in [1.165, 1.54) is 12.1 Å². The first kappa shape index (κ1) is 18.8. The molecule has 30 heavy (non-hydrogen) atoms. The summed E-state index contributed by atoms with van der Waals surface area (Å²) in [5, 5.41) is 18.8. The summed E-state index contributed by atoms with van der Waals surface area (Å²) in [4.78, 5) is 0.353. The monoisotopic (exact) mass is 412 g/mol. The van der Waals surface area contributed by atoms with Crippen molar-refractivity contribution in [1.82, 2.24) is 0 Å². The third kappa shape index (κ3) is 2.97. The highest BCUT2D eigenvalue weighted by molar-refractivity contribution is 7.92. The molecule has 0 aliphatic carbocycles. The van der Waals surface area contributed by atoms with Gasteiger partial charge in [0.25, 0.3) is 0 Å². The SMILES string of the molecule is O=S1(=O)c2cc(B(O)O)ccc2-c2ccc(-c3ccc(-c4ccccc4)cc3)cc21. The molecule has 1 heterocycles. The number of sulfone groups is 1. The number of hydrogen-bond donors (Lipinski definition) is 2. The first-order valence-corrected chi connectivity index (χ1v) is 11.0. The molecule has 0 fully saturated rings. The van der Waals surface area contributed by atoms with Gasteiger partial charge in [0.15, 0.2) is 0 Å². The Morgan fingerprint density at radius 3 is 1.70 bits per heavy atom. The third-order valence-corrected chi connectivity index (χ3v) is 7.31. The first-order valence-electron chi connectivity index (χ1n) is 9.50. The second-order valence-corrected chi connectivity index (χ2v) is 9.17. The number of rotatable bonds is 3. The molecule has 0 aromatic heterocycles. The Morgan fingerprint density at radius 2 is 1.07 bits per heavy atom. The number of hydrogen-bond acceptors (Lipinski definition) is 4. The summed E-state index contributed by atoms with van der Waals surface area (Å²) in [6.07, 6.45) is 0. The van der Waals surface area contributed by atoms with Crippen LogP contribution in [-0.2, 0) is 9.84 Å². The van der Waals surface area contributed by atoms with E-state index < -0.39 is 17.0 Å². The fourth-order valence-electron chi connectivity index (χ4n) is 3.90. The van der Waals surface area contributed by atoms with Gasteiger partial charge in [0, 0.05) is 11.1 Å². The van der Waals surface area contributed by atoms with E-state index in [4.69, 9.17) is 0 Å². The Labute approximate surface area is 175 Å². The van der Waals surface area contributed by atoms with Gasteiger partial charge in [0.2, 0.25) is 9.84 Å². The van der Waals surface area contributed by atoms with Gasteiger partial charge in [-0.05, 0) is 39.8 Å². The zero-order valence-electron chi connectivity index (χ0n) is 15.9. The lowest BCUT2D eigenvalue weighted by atomic mass is 9.80. The zero-order chi connectivity index (χ0) is 20.9. The Morgan fingerprint density at radius 1 is 0.567 bits per heavy atom. The van der Waals surface area contributed by atoms with Crippen LogP contribution >= 0.6 is 0 Å². The second kappa shape index (κ2) is 6.95. The van der Waals surface area contributed by atoms with Crippen molar-refractivity contribution in [2.45, 2.75) is 9.79 Å². The minimum atomic E-state index is -3.72. The lowest BCUT2D eigenvalue weighted by Crippen LogP contribution is -2.30. The fraction of sp³-hybridized carbons (Fsp3) is 0. The lowest BCUT2D eigenvalue weighted by molar-refractivity contribution is 0.425. The van der Waals surface area contributed by atoms with Gasteiger partial charge in [-0.15, -0.1) is 0 Å². The van der Waals surface area contributed by atoms with Crippen LogP contribution in [0.25, 0.3) is 33.4 Å². The highest BCUT2D eigenvalue weighted by Crippen LogP contribution is 2.44. The summed E-state index contributed by atoms with van der Waals surface area (Å²) in [7, 11) is -5.44. The van der Waals surface area contributed by atoms with Gasteiger partial charge in [-0.25, -0.2) is 8.42 Å². The summed E-state index contributed by atoms with van der Waals surface area (Å²) in [5.41, 5.74) is 5.33. The van der Waals surface area contributed by atoms with Crippen molar-refractivity contribution >= 4 is 22.4 Å². The standard InChI is InChI=1S/C24H17BO4S/c26-25(27)20-11-13-22-21-12-10-19(14-23(21)30(28,29)24(22)15-20)18-8-6-17(7-9-18)16-4-2-1-3-5-16/h1-15,26-27H. The van der Waals surface area contributed by atoms with Crippen LogP contribution in [0.2, 0.25) is 0 Å². The molecule has 6 heteroatoms. The van der Waals surface area contributed by atoms with Crippen molar-refractivity contribution in [3.8, 4) is 33.4 Å². The number of fused-ring (bicyclic) bond motifs is 3. The molecule has 146 valence electrons. The Bertz CT molecular complexity index is 1360. The topological polar surface area (TPSA) is 74.6 Å². The largest absolute Gasteiger partial charge is 0.488 e. The van der Waals surface area contributed by atoms with Crippen LogP contribution in [0.3, 0.4) is 0 Å². The molecule has 1 aliphatic rings. The van der Waals surface area contributed by atoms with Crippen molar-refractivity contribution in [1.29, 1.82) is 0 Å². The maximum Gasteiger partial charge on any atom is 0.488 e.